The van der Waals surface area contributed by atoms with E-state index in [0.29, 0.717) is 6.42 Å². The molecule has 0 radical (unpaired) electrons. The molecule has 21 heavy (non-hydrogen) atoms. The van der Waals surface area contributed by atoms with Crippen LogP contribution in [0.5, 0.6) is 0 Å². The van der Waals surface area contributed by atoms with Gasteiger partial charge in [-0.05, 0) is 21.8 Å². The van der Waals surface area contributed by atoms with E-state index < -0.39 is 0 Å². The van der Waals surface area contributed by atoms with Crippen molar-refractivity contribution < 1.29 is 0 Å². The quantitative estimate of drug-likeness (QED) is 0.800. The van der Waals surface area contributed by atoms with Crippen LogP contribution in [0.3, 0.4) is 0 Å². The molecule has 0 aliphatic carbocycles. The zero-order valence-corrected chi connectivity index (χ0v) is 13.3. The van der Waals surface area contributed by atoms with Gasteiger partial charge in [-0.2, -0.15) is 5.26 Å². The molecular formula is C19H24N2. The summed E-state index contributed by atoms with van der Waals surface area (Å²) in [5, 5.41) is 11.5. The van der Waals surface area contributed by atoms with Crippen LogP contribution in [0.25, 0.3) is 10.8 Å². The second-order valence-corrected chi connectivity index (χ2v) is 6.82. The minimum absolute atomic E-state index is 0.236. The highest BCUT2D eigenvalue weighted by Gasteiger charge is 2.17. The molecule has 0 aliphatic rings. The summed E-state index contributed by atoms with van der Waals surface area (Å²) >= 11 is 0. The van der Waals surface area contributed by atoms with Crippen molar-refractivity contribution in [2.24, 2.45) is 5.41 Å². The van der Waals surface area contributed by atoms with Crippen LogP contribution in [-0.4, -0.2) is 18.0 Å². The van der Waals surface area contributed by atoms with Crippen LogP contribution in [0, 0.1) is 16.7 Å². The van der Waals surface area contributed by atoms with Gasteiger partial charge < -0.3 is 0 Å². The zero-order chi connectivity index (χ0) is 15.3. The molecule has 0 aromatic heterocycles. The number of hydrogen-bond donors (Lipinski definition) is 0. The monoisotopic (exact) mass is 280 g/mol. The second-order valence-electron chi connectivity index (χ2n) is 6.82. The Morgan fingerprint density at radius 1 is 1.05 bits per heavy atom. The molecule has 0 bridgehead atoms. The Hall–Kier alpha value is -1.85. The van der Waals surface area contributed by atoms with Crippen LogP contribution in [0.15, 0.2) is 42.5 Å². The molecule has 0 spiro atoms. The molecule has 2 aromatic carbocycles. The van der Waals surface area contributed by atoms with Crippen LogP contribution < -0.4 is 0 Å². The third-order valence-electron chi connectivity index (χ3n) is 3.51. The number of nitrogens with zero attached hydrogens (tertiary/aromatic N) is 2. The Labute approximate surface area is 128 Å². The molecule has 0 saturated carbocycles. The predicted molar refractivity (Wildman–Crippen MR) is 88.9 cm³/mol. The summed E-state index contributed by atoms with van der Waals surface area (Å²) in [6.07, 6.45) is 0.584. The molecule has 0 amide bonds. The molecule has 0 saturated heterocycles. The lowest BCUT2D eigenvalue weighted by atomic mass is 9.95. The fourth-order valence-corrected chi connectivity index (χ4v) is 2.76. The first-order valence-electron chi connectivity index (χ1n) is 7.55. The number of rotatable bonds is 5. The highest BCUT2D eigenvalue weighted by Crippen LogP contribution is 2.22. The molecule has 0 heterocycles. The third kappa shape index (κ3) is 4.58. The summed E-state index contributed by atoms with van der Waals surface area (Å²) in [5.74, 6) is 0. The molecule has 0 atom stereocenters. The summed E-state index contributed by atoms with van der Waals surface area (Å²) < 4.78 is 0. The Bertz CT molecular complexity index is 627. The summed E-state index contributed by atoms with van der Waals surface area (Å²) in [4.78, 5) is 2.39. The van der Waals surface area contributed by atoms with Gasteiger partial charge in [-0.15, -0.1) is 0 Å². The number of nitriles is 1. The Morgan fingerprint density at radius 3 is 2.48 bits per heavy atom. The highest BCUT2D eigenvalue weighted by atomic mass is 15.1. The van der Waals surface area contributed by atoms with Gasteiger partial charge in [0, 0.05) is 26.1 Å². The van der Waals surface area contributed by atoms with Gasteiger partial charge in [0.1, 0.15) is 0 Å². The van der Waals surface area contributed by atoms with E-state index in [1.54, 1.807) is 0 Å². The van der Waals surface area contributed by atoms with Crippen molar-refractivity contribution in [3.05, 3.63) is 48.0 Å². The van der Waals surface area contributed by atoms with Gasteiger partial charge in [0.15, 0.2) is 0 Å². The summed E-state index contributed by atoms with van der Waals surface area (Å²) in [6, 6.07) is 17.3. The second kappa shape index (κ2) is 6.74. The standard InChI is InChI=1S/C19H24N2/c1-19(2,3)15-21(13-7-12-20)14-17-10-6-9-16-8-4-5-11-18(16)17/h4-6,8-11H,7,13-15H2,1-3H3. The van der Waals surface area contributed by atoms with E-state index in [1.165, 1.54) is 16.3 Å². The number of hydrogen-bond acceptors (Lipinski definition) is 2. The molecule has 110 valence electrons. The van der Waals surface area contributed by atoms with Gasteiger partial charge >= 0.3 is 0 Å². The minimum atomic E-state index is 0.236. The lowest BCUT2D eigenvalue weighted by Crippen LogP contribution is -2.33. The van der Waals surface area contributed by atoms with Crippen LogP contribution in [-0.2, 0) is 6.54 Å². The summed E-state index contributed by atoms with van der Waals surface area (Å²) in [6.45, 7) is 9.47. The zero-order valence-electron chi connectivity index (χ0n) is 13.3. The molecule has 0 unspecified atom stereocenters. The maximum absolute atomic E-state index is 8.87. The largest absolute Gasteiger partial charge is 0.298 e. The molecule has 2 rings (SSSR count). The summed E-state index contributed by atoms with van der Waals surface area (Å²) in [7, 11) is 0. The van der Waals surface area contributed by atoms with Crippen molar-refractivity contribution in [2.45, 2.75) is 33.7 Å². The van der Waals surface area contributed by atoms with Crippen molar-refractivity contribution in [2.75, 3.05) is 13.1 Å². The van der Waals surface area contributed by atoms with Gasteiger partial charge in [-0.3, -0.25) is 4.90 Å². The SMILES string of the molecule is CC(C)(C)CN(CCC#N)Cc1cccc2ccccc12. The van der Waals surface area contributed by atoms with Crippen molar-refractivity contribution in [1.82, 2.24) is 4.90 Å². The van der Waals surface area contributed by atoms with E-state index in [0.717, 1.165) is 19.6 Å². The summed E-state index contributed by atoms with van der Waals surface area (Å²) in [5.41, 5.74) is 1.58. The highest BCUT2D eigenvalue weighted by molar-refractivity contribution is 5.85. The molecule has 2 aromatic rings. The average molecular weight is 280 g/mol. The van der Waals surface area contributed by atoms with Crippen LogP contribution >= 0.6 is 0 Å². The van der Waals surface area contributed by atoms with Crippen molar-refractivity contribution >= 4 is 10.8 Å². The van der Waals surface area contributed by atoms with Gasteiger partial charge in [-0.25, -0.2) is 0 Å². The Balaban J connectivity index is 2.23. The lowest BCUT2D eigenvalue weighted by Gasteiger charge is -2.29. The predicted octanol–water partition coefficient (Wildman–Crippen LogP) is 4.60. The van der Waals surface area contributed by atoms with Crippen molar-refractivity contribution in [3.8, 4) is 6.07 Å². The van der Waals surface area contributed by atoms with Gasteiger partial charge in [0.2, 0.25) is 0 Å². The van der Waals surface area contributed by atoms with Gasteiger partial charge in [0.05, 0.1) is 6.07 Å². The minimum Gasteiger partial charge on any atom is -0.298 e. The number of benzene rings is 2. The van der Waals surface area contributed by atoms with Crippen LogP contribution in [0.2, 0.25) is 0 Å². The van der Waals surface area contributed by atoms with E-state index in [9.17, 15) is 0 Å². The maximum Gasteiger partial charge on any atom is 0.0635 e. The third-order valence-corrected chi connectivity index (χ3v) is 3.51. The normalized spacial score (nSPS) is 11.8. The van der Waals surface area contributed by atoms with E-state index >= 15 is 0 Å². The molecular weight excluding hydrogens is 256 g/mol. The van der Waals surface area contributed by atoms with E-state index in [-0.39, 0.29) is 5.41 Å². The van der Waals surface area contributed by atoms with Crippen LogP contribution in [0.4, 0.5) is 0 Å². The van der Waals surface area contributed by atoms with E-state index in [1.807, 2.05) is 0 Å². The van der Waals surface area contributed by atoms with Gasteiger partial charge in [0.25, 0.3) is 0 Å². The van der Waals surface area contributed by atoms with E-state index in [2.05, 4.69) is 74.2 Å². The fraction of sp³-hybridized carbons (Fsp3) is 0.421. The van der Waals surface area contributed by atoms with Crippen molar-refractivity contribution in [3.63, 3.8) is 0 Å². The van der Waals surface area contributed by atoms with E-state index in [4.69, 9.17) is 5.26 Å². The first-order chi connectivity index (χ1) is 9.99. The molecule has 0 N–H and O–H groups in total. The molecule has 0 fully saturated rings. The number of fused-ring (bicyclic) bond motifs is 1. The van der Waals surface area contributed by atoms with Gasteiger partial charge in [-0.1, -0.05) is 63.2 Å². The van der Waals surface area contributed by atoms with Crippen molar-refractivity contribution in [1.29, 1.82) is 5.26 Å². The average Bonchev–Trinajstić information content (AvgIpc) is 2.43. The maximum atomic E-state index is 8.87. The Kier molecular flexibility index (Phi) is 4.98. The first kappa shape index (κ1) is 15.5. The molecule has 2 heteroatoms. The topological polar surface area (TPSA) is 27.0 Å². The Morgan fingerprint density at radius 2 is 1.76 bits per heavy atom. The van der Waals surface area contributed by atoms with Crippen LogP contribution in [0.1, 0.15) is 32.8 Å². The molecule has 0 aliphatic heterocycles. The first-order valence-corrected chi connectivity index (χ1v) is 7.55. The fourth-order valence-electron chi connectivity index (χ4n) is 2.76. The molecule has 2 nitrogen and oxygen atoms in total. The lowest BCUT2D eigenvalue weighted by molar-refractivity contribution is 0.188. The smallest absolute Gasteiger partial charge is 0.0635 e.